The number of rotatable bonds is 2. The van der Waals surface area contributed by atoms with E-state index in [0.29, 0.717) is 17.9 Å². The van der Waals surface area contributed by atoms with Crippen LogP contribution in [0.15, 0.2) is 36.4 Å². The van der Waals surface area contributed by atoms with E-state index in [4.69, 9.17) is 10.5 Å². The van der Waals surface area contributed by atoms with E-state index in [1.807, 2.05) is 37.3 Å². The zero-order valence-corrected chi connectivity index (χ0v) is 11.3. The van der Waals surface area contributed by atoms with E-state index in [2.05, 4.69) is 5.32 Å². The van der Waals surface area contributed by atoms with Gasteiger partial charge in [0.05, 0.1) is 5.69 Å². The van der Waals surface area contributed by atoms with Crippen molar-refractivity contribution in [1.82, 2.24) is 0 Å². The van der Waals surface area contributed by atoms with Gasteiger partial charge in [0, 0.05) is 18.2 Å². The molecule has 4 nitrogen and oxygen atoms in total. The molecule has 0 fully saturated rings. The number of nitrogen functional groups attached to an aromatic ring is 1. The first-order chi connectivity index (χ1) is 9.63. The Labute approximate surface area is 117 Å². The zero-order valence-electron chi connectivity index (χ0n) is 11.3. The van der Waals surface area contributed by atoms with Gasteiger partial charge in [-0.15, -0.1) is 0 Å². The lowest BCUT2D eigenvalue weighted by molar-refractivity contribution is -0.116. The lowest BCUT2D eigenvalue weighted by atomic mass is 10.0. The molecular formula is C16H16N2O2. The van der Waals surface area contributed by atoms with Crippen molar-refractivity contribution in [2.45, 2.75) is 19.8 Å². The van der Waals surface area contributed by atoms with E-state index >= 15 is 0 Å². The molecule has 0 saturated carbocycles. The Morgan fingerprint density at radius 3 is 2.75 bits per heavy atom. The molecule has 0 atom stereocenters. The van der Waals surface area contributed by atoms with Gasteiger partial charge in [0.1, 0.15) is 5.75 Å². The second-order valence-corrected chi connectivity index (χ2v) is 4.96. The summed E-state index contributed by atoms with van der Waals surface area (Å²) >= 11 is 0. The molecule has 1 heterocycles. The van der Waals surface area contributed by atoms with E-state index in [1.54, 1.807) is 6.07 Å². The van der Waals surface area contributed by atoms with Crippen LogP contribution in [-0.2, 0) is 11.2 Å². The molecule has 0 aromatic heterocycles. The Hall–Kier alpha value is -2.49. The molecule has 1 amide bonds. The number of para-hydroxylation sites is 1. The van der Waals surface area contributed by atoms with E-state index in [1.165, 1.54) is 0 Å². The van der Waals surface area contributed by atoms with Crippen LogP contribution in [0, 0.1) is 6.92 Å². The molecule has 0 bridgehead atoms. The summed E-state index contributed by atoms with van der Waals surface area (Å²) < 4.78 is 5.86. The van der Waals surface area contributed by atoms with Crippen LogP contribution in [0.5, 0.6) is 11.5 Å². The minimum atomic E-state index is 0.0316. The fourth-order valence-electron chi connectivity index (χ4n) is 2.31. The number of hydrogen-bond donors (Lipinski definition) is 2. The molecule has 0 saturated heterocycles. The molecule has 2 aromatic rings. The van der Waals surface area contributed by atoms with E-state index in [9.17, 15) is 4.79 Å². The van der Waals surface area contributed by atoms with Gasteiger partial charge in [0.2, 0.25) is 5.91 Å². The lowest BCUT2D eigenvalue weighted by Crippen LogP contribution is -2.19. The van der Waals surface area contributed by atoms with Crippen LogP contribution in [0.3, 0.4) is 0 Å². The smallest absolute Gasteiger partial charge is 0.224 e. The predicted octanol–water partition coefficient (Wildman–Crippen LogP) is 3.25. The highest BCUT2D eigenvalue weighted by atomic mass is 16.5. The van der Waals surface area contributed by atoms with Gasteiger partial charge in [-0.05, 0) is 36.6 Å². The Morgan fingerprint density at radius 2 is 1.95 bits per heavy atom. The maximum atomic E-state index is 11.5. The van der Waals surface area contributed by atoms with Crippen molar-refractivity contribution in [2.75, 3.05) is 11.1 Å². The lowest BCUT2D eigenvalue weighted by Gasteiger charge is -2.19. The number of ether oxygens (including phenoxy) is 1. The molecule has 20 heavy (non-hydrogen) atoms. The van der Waals surface area contributed by atoms with Gasteiger partial charge in [-0.1, -0.05) is 18.2 Å². The number of amides is 1. The molecule has 2 aromatic carbocycles. The van der Waals surface area contributed by atoms with Crippen LogP contribution in [0.4, 0.5) is 11.4 Å². The Kier molecular flexibility index (Phi) is 3.06. The number of fused-ring (bicyclic) bond motifs is 1. The standard InChI is InChI=1S/C16H16N2O2/c1-10-4-2-3-5-14(10)20-15-9-13-11(8-12(15)17)6-7-16(19)18-13/h2-5,8-9H,6-7,17H2,1H3,(H,18,19). The summed E-state index contributed by atoms with van der Waals surface area (Å²) in [7, 11) is 0. The topological polar surface area (TPSA) is 64.3 Å². The molecule has 3 N–H and O–H groups in total. The SMILES string of the molecule is Cc1ccccc1Oc1cc2c(cc1N)CCC(=O)N2. The zero-order chi connectivity index (χ0) is 14.1. The number of nitrogens with one attached hydrogen (secondary N) is 1. The van der Waals surface area contributed by atoms with Crippen molar-refractivity contribution in [3.8, 4) is 11.5 Å². The van der Waals surface area contributed by atoms with Gasteiger partial charge in [-0.2, -0.15) is 0 Å². The molecule has 0 unspecified atom stereocenters. The number of aryl methyl sites for hydroxylation is 2. The third-order valence-electron chi connectivity index (χ3n) is 3.44. The van der Waals surface area contributed by atoms with Crippen molar-refractivity contribution in [2.24, 2.45) is 0 Å². The minimum Gasteiger partial charge on any atom is -0.455 e. The Balaban J connectivity index is 1.96. The number of benzene rings is 2. The molecule has 3 rings (SSSR count). The second-order valence-electron chi connectivity index (χ2n) is 4.96. The predicted molar refractivity (Wildman–Crippen MR) is 79.1 cm³/mol. The van der Waals surface area contributed by atoms with Crippen LogP contribution in [0.25, 0.3) is 0 Å². The number of hydrogen-bond acceptors (Lipinski definition) is 3. The largest absolute Gasteiger partial charge is 0.455 e. The van der Waals surface area contributed by atoms with Crippen molar-refractivity contribution in [3.63, 3.8) is 0 Å². The van der Waals surface area contributed by atoms with Gasteiger partial charge in [0.25, 0.3) is 0 Å². The first kappa shape index (κ1) is 12.5. The van der Waals surface area contributed by atoms with Crippen molar-refractivity contribution in [3.05, 3.63) is 47.5 Å². The summed E-state index contributed by atoms with van der Waals surface area (Å²) in [6.45, 7) is 1.98. The van der Waals surface area contributed by atoms with E-state index < -0.39 is 0 Å². The van der Waals surface area contributed by atoms with E-state index in [-0.39, 0.29) is 5.91 Å². The molecule has 102 valence electrons. The van der Waals surface area contributed by atoms with Gasteiger partial charge < -0.3 is 15.8 Å². The average molecular weight is 268 g/mol. The molecule has 0 spiro atoms. The maximum absolute atomic E-state index is 11.5. The van der Waals surface area contributed by atoms with Crippen LogP contribution < -0.4 is 15.8 Å². The summed E-state index contributed by atoms with van der Waals surface area (Å²) in [6.07, 6.45) is 1.22. The summed E-state index contributed by atoms with van der Waals surface area (Å²) in [4.78, 5) is 11.5. The maximum Gasteiger partial charge on any atom is 0.224 e. The molecule has 1 aliphatic heterocycles. The molecule has 0 aliphatic carbocycles. The third-order valence-corrected chi connectivity index (χ3v) is 3.44. The highest BCUT2D eigenvalue weighted by Crippen LogP contribution is 2.35. The summed E-state index contributed by atoms with van der Waals surface area (Å²) in [5.41, 5.74) is 9.51. The number of nitrogens with two attached hydrogens (primary N) is 1. The van der Waals surface area contributed by atoms with Gasteiger partial charge in [0.15, 0.2) is 5.75 Å². The van der Waals surface area contributed by atoms with Crippen LogP contribution >= 0.6 is 0 Å². The monoisotopic (exact) mass is 268 g/mol. The molecular weight excluding hydrogens is 252 g/mol. The molecule has 1 aliphatic rings. The Morgan fingerprint density at radius 1 is 1.15 bits per heavy atom. The third kappa shape index (κ3) is 2.32. The van der Waals surface area contributed by atoms with Crippen molar-refractivity contribution < 1.29 is 9.53 Å². The van der Waals surface area contributed by atoms with Crippen molar-refractivity contribution in [1.29, 1.82) is 0 Å². The van der Waals surface area contributed by atoms with Gasteiger partial charge in [-0.25, -0.2) is 0 Å². The summed E-state index contributed by atoms with van der Waals surface area (Å²) in [5, 5.41) is 2.85. The Bertz CT molecular complexity index is 680. The quantitative estimate of drug-likeness (QED) is 0.822. The molecule has 4 heteroatoms. The number of carbonyl (C=O) groups excluding carboxylic acids is 1. The second kappa shape index (κ2) is 4.89. The van der Waals surface area contributed by atoms with E-state index in [0.717, 1.165) is 29.0 Å². The van der Waals surface area contributed by atoms with Crippen LogP contribution in [0.1, 0.15) is 17.5 Å². The van der Waals surface area contributed by atoms with Crippen molar-refractivity contribution >= 4 is 17.3 Å². The summed E-state index contributed by atoms with van der Waals surface area (Å²) in [5.74, 6) is 1.37. The number of carbonyl (C=O) groups is 1. The fourth-order valence-corrected chi connectivity index (χ4v) is 2.31. The first-order valence-electron chi connectivity index (χ1n) is 6.59. The fraction of sp³-hybridized carbons (Fsp3) is 0.188. The first-order valence-corrected chi connectivity index (χ1v) is 6.59. The minimum absolute atomic E-state index is 0.0316. The molecule has 0 radical (unpaired) electrons. The summed E-state index contributed by atoms with van der Waals surface area (Å²) in [6, 6.07) is 11.4. The van der Waals surface area contributed by atoms with Crippen LogP contribution in [-0.4, -0.2) is 5.91 Å². The normalized spacial score (nSPS) is 13.6. The number of anilines is 2. The highest BCUT2D eigenvalue weighted by Gasteiger charge is 2.17. The highest BCUT2D eigenvalue weighted by molar-refractivity contribution is 5.94. The van der Waals surface area contributed by atoms with Gasteiger partial charge >= 0.3 is 0 Å². The van der Waals surface area contributed by atoms with Crippen LogP contribution in [0.2, 0.25) is 0 Å². The van der Waals surface area contributed by atoms with Gasteiger partial charge in [-0.3, -0.25) is 4.79 Å². The average Bonchev–Trinajstić information content (AvgIpc) is 2.42.